The molecule has 1 aliphatic heterocycles. The second-order valence-electron chi connectivity index (χ2n) is 7.47. The van der Waals surface area contributed by atoms with Crippen LogP contribution in [0.5, 0.6) is 0 Å². The first kappa shape index (κ1) is 11.4. The Morgan fingerprint density at radius 1 is 0.933 bits per heavy atom. The Balaban J connectivity index is 2.51. The van der Waals surface area contributed by atoms with Gasteiger partial charge in [0.15, 0.2) is 0 Å². The second-order valence-corrected chi connectivity index (χ2v) is 7.47. The van der Waals surface area contributed by atoms with Crippen molar-refractivity contribution < 1.29 is 4.74 Å². The highest BCUT2D eigenvalue weighted by Gasteiger charge is 2.66. The van der Waals surface area contributed by atoms with E-state index in [1.807, 2.05) is 0 Å². The average molecular weight is 210 g/mol. The highest BCUT2D eigenvalue weighted by Crippen LogP contribution is 2.67. The molecule has 2 unspecified atom stereocenters. The molecule has 0 aromatic heterocycles. The van der Waals surface area contributed by atoms with Crippen LogP contribution >= 0.6 is 0 Å². The van der Waals surface area contributed by atoms with Crippen LogP contribution < -0.4 is 0 Å². The zero-order valence-electron chi connectivity index (χ0n) is 11.2. The monoisotopic (exact) mass is 210 g/mol. The lowest BCUT2D eigenvalue weighted by Gasteiger charge is -2.54. The first-order valence-corrected chi connectivity index (χ1v) is 6.33. The Bertz CT molecular complexity index is 217. The van der Waals surface area contributed by atoms with E-state index < -0.39 is 0 Å². The lowest BCUT2D eigenvalue weighted by Crippen LogP contribution is -2.52. The van der Waals surface area contributed by atoms with Crippen LogP contribution in [0.1, 0.15) is 54.4 Å². The molecule has 88 valence electrons. The molecule has 2 bridgehead atoms. The van der Waals surface area contributed by atoms with Crippen LogP contribution in [0.3, 0.4) is 0 Å². The fourth-order valence-corrected chi connectivity index (χ4v) is 5.05. The molecule has 0 aromatic rings. The predicted octanol–water partition coefficient (Wildman–Crippen LogP) is 3.87. The summed E-state index contributed by atoms with van der Waals surface area (Å²) in [6.07, 6.45) is 3.15. The van der Waals surface area contributed by atoms with Gasteiger partial charge in [0, 0.05) is 5.41 Å². The van der Waals surface area contributed by atoms with Crippen LogP contribution in [0.25, 0.3) is 0 Å². The fraction of sp³-hybridized carbons (Fsp3) is 1.00. The molecular weight excluding hydrogens is 184 g/mol. The topological polar surface area (TPSA) is 9.23 Å². The third kappa shape index (κ3) is 1.25. The Hall–Kier alpha value is -0.0400. The first-order chi connectivity index (χ1) is 6.71. The number of hydrogen-bond acceptors (Lipinski definition) is 1. The molecule has 0 spiro atoms. The first-order valence-electron chi connectivity index (χ1n) is 6.33. The van der Waals surface area contributed by atoms with Gasteiger partial charge in [-0.1, -0.05) is 41.5 Å². The lowest BCUT2D eigenvalue weighted by molar-refractivity contribution is -0.0857. The van der Waals surface area contributed by atoms with Gasteiger partial charge in [-0.05, 0) is 29.6 Å². The molecule has 1 nitrogen and oxygen atoms in total. The summed E-state index contributed by atoms with van der Waals surface area (Å²) in [4.78, 5) is 0. The van der Waals surface area contributed by atoms with E-state index in [4.69, 9.17) is 4.74 Å². The van der Waals surface area contributed by atoms with Gasteiger partial charge in [-0.2, -0.15) is 0 Å². The van der Waals surface area contributed by atoms with E-state index in [0.29, 0.717) is 22.3 Å². The Labute approximate surface area is 94.6 Å². The predicted molar refractivity (Wildman–Crippen MR) is 63.8 cm³/mol. The molecule has 1 aliphatic carbocycles. The van der Waals surface area contributed by atoms with Gasteiger partial charge in [0.25, 0.3) is 0 Å². The summed E-state index contributed by atoms with van der Waals surface area (Å²) >= 11 is 0. The molecule has 15 heavy (non-hydrogen) atoms. The minimum Gasteiger partial charge on any atom is -0.377 e. The molecule has 0 aromatic carbocycles. The lowest BCUT2D eigenvalue weighted by atomic mass is 9.50. The number of fused-ring (bicyclic) bond motifs is 2. The van der Waals surface area contributed by atoms with Crippen LogP contribution in [0.15, 0.2) is 0 Å². The Morgan fingerprint density at radius 2 is 1.47 bits per heavy atom. The van der Waals surface area contributed by atoms with E-state index in [-0.39, 0.29) is 0 Å². The molecule has 2 rings (SSSR count). The summed E-state index contributed by atoms with van der Waals surface area (Å²) in [5.74, 6) is 0.780. The van der Waals surface area contributed by atoms with Crippen LogP contribution in [-0.4, -0.2) is 12.7 Å². The standard InChI is InChI=1S/C14H26O/c1-12(2,3)14(13(4,5)6)10-7-8-11(14)15-9-10/h10-11H,7-9H2,1-6H3. The molecule has 2 atom stereocenters. The second kappa shape index (κ2) is 3.00. The van der Waals surface area contributed by atoms with Crippen LogP contribution in [0, 0.1) is 22.2 Å². The van der Waals surface area contributed by atoms with Crippen LogP contribution in [0.4, 0.5) is 0 Å². The van der Waals surface area contributed by atoms with Crippen molar-refractivity contribution in [1.82, 2.24) is 0 Å². The van der Waals surface area contributed by atoms with Crippen LogP contribution in [0.2, 0.25) is 0 Å². The van der Waals surface area contributed by atoms with Crippen molar-refractivity contribution >= 4 is 0 Å². The van der Waals surface area contributed by atoms with Gasteiger partial charge in [-0.15, -0.1) is 0 Å². The summed E-state index contributed by atoms with van der Waals surface area (Å²) in [7, 11) is 0. The van der Waals surface area contributed by atoms with Crippen molar-refractivity contribution in [3.05, 3.63) is 0 Å². The van der Waals surface area contributed by atoms with Gasteiger partial charge in [0.05, 0.1) is 12.7 Å². The highest BCUT2D eigenvalue weighted by molar-refractivity contribution is 5.13. The fourth-order valence-electron chi connectivity index (χ4n) is 5.05. The maximum Gasteiger partial charge on any atom is 0.0645 e. The van der Waals surface area contributed by atoms with Crippen molar-refractivity contribution in [2.75, 3.05) is 6.61 Å². The quantitative estimate of drug-likeness (QED) is 0.589. The summed E-state index contributed by atoms with van der Waals surface area (Å²) in [6.45, 7) is 15.4. The minimum atomic E-state index is 0.341. The third-order valence-electron chi connectivity index (χ3n) is 4.91. The average Bonchev–Trinajstić information content (AvgIpc) is 2.54. The van der Waals surface area contributed by atoms with Crippen LogP contribution in [-0.2, 0) is 4.74 Å². The molecular formula is C14H26O. The maximum atomic E-state index is 6.02. The van der Waals surface area contributed by atoms with Crippen molar-refractivity contribution in [1.29, 1.82) is 0 Å². The number of hydrogen-bond donors (Lipinski definition) is 0. The van der Waals surface area contributed by atoms with Crippen molar-refractivity contribution in [2.45, 2.75) is 60.5 Å². The van der Waals surface area contributed by atoms with E-state index in [1.54, 1.807) is 0 Å². The number of ether oxygens (including phenoxy) is 1. The highest BCUT2D eigenvalue weighted by atomic mass is 16.5. The van der Waals surface area contributed by atoms with E-state index in [0.717, 1.165) is 12.5 Å². The maximum absolute atomic E-state index is 6.02. The molecule has 2 fully saturated rings. The summed E-state index contributed by atoms with van der Waals surface area (Å²) in [5.41, 5.74) is 1.06. The van der Waals surface area contributed by atoms with Gasteiger partial charge in [-0.3, -0.25) is 0 Å². The largest absolute Gasteiger partial charge is 0.377 e. The smallest absolute Gasteiger partial charge is 0.0645 e. The summed E-state index contributed by atoms with van der Waals surface area (Å²) in [6, 6.07) is 0. The molecule has 1 heterocycles. The van der Waals surface area contributed by atoms with E-state index in [9.17, 15) is 0 Å². The summed E-state index contributed by atoms with van der Waals surface area (Å²) < 4.78 is 6.02. The molecule has 1 heteroatoms. The van der Waals surface area contributed by atoms with Gasteiger partial charge in [-0.25, -0.2) is 0 Å². The molecule has 1 saturated carbocycles. The molecule has 1 saturated heterocycles. The Morgan fingerprint density at radius 3 is 1.60 bits per heavy atom. The van der Waals surface area contributed by atoms with Gasteiger partial charge in [0.1, 0.15) is 0 Å². The van der Waals surface area contributed by atoms with E-state index >= 15 is 0 Å². The van der Waals surface area contributed by atoms with Gasteiger partial charge >= 0.3 is 0 Å². The van der Waals surface area contributed by atoms with Crippen molar-refractivity contribution in [3.8, 4) is 0 Å². The Kier molecular flexibility index (Phi) is 2.29. The molecule has 0 amide bonds. The third-order valence-corrected chi connectivity index (χ3v) is 4.91. The molecule has 0 N–H and O–H groups in total. The van der Waals surface area contributed by atoms with Gasteiger partial charge in [0.2, 0.25) is 0 Å². The zero-order valence-corrected chi connectivity index (χ0v) is 11.2. The normalized spacial score (nSPS) is 34.8. The SMILES string of the molecule is CC(C)(C)C1(C(C)(C)C)C2CCC1OC2. The van der Waals surface area contributed by atoms with Crippen molar-refractivity contribution in [2.24, 2.45) is 22.2 Å². The van der Waals surface area contributed by atoms with E-state index in [2.05, 4.69) is 41.5 Å². The molecule has 0 radical (unpaired) electrons. The summed E-state index contributed by atoms with van der Waals surface area (Å²) in [5, 5.41) is 0. The minimum absolute atomic E-state index is 0.341. The molecule has 2 aliphatic rings. The van der Waals surface area contributed by atoms with Gasteiger partial charge < -0.3 is 4.74 Å². The van der Waals surface area contributed by atoms with Crippen molar-refractivity contribution in [3.63, 3.8) is 0 Å². The van der Waals surface area contributed by atoms with E-state index in [1.165, 1.54) is 12.8 Å². The zero-order chi connectivity index (χ0) is 11.5. The number of rotatable bonds is 0.